The van der Waals surface area contributed by atoms with Crippen LogP contribution < -0.4 is 16.2 Å². The van der Waals surface area contributed by atoms with Gasteiger partial charge in [0.25, 0.3) is 0 Å². The van der Waals surface area contributed by atoms with Crippen molar-refractivity contribution >= 4 is 48.8 Å². The molecule has 0 bridgehead atoms. The number of hydrazine groups is 1. The molecule has 1 fully saturated rings. The number of hydrogen-bond acceptors (Lipinski definition) is 4. The molecule has 150 valence electrons. The number of benzene rings is 1. The van der Waals surface area contributed by atoms with Crippen molar-refractivity contribution < 1.29 is 4.79 Å². The van der Waals surface area contributed by atoms with Gasteiger partial charge in [-0.15, -0.1) is 37.2 Å². The number of aromatic nitrogens is 1. The van der Waals surface area contributed by atoms with Gasteiger partial charge in [-0.05, 0) is 48.9 Å². The van der Waals surface area contributed by atoms with Gasteiger partial charge in [0.05, 0.1) is 17.8 Å². The van der Waals surface area contributed by atoms with E-state index in [0.717, 1.165) is 31.5 Å². The molecular formula is C19H27Cl3N4O. The largest absolute Gasteiger partial charge is 0.370 e. The Morgan fingerprint density at radius 1 is 1.00 bits per heavy atom. The number of nitrogens with zero attached hydrogens (tertiary/aromatic N) is 2. The van der Waals surface area contributed by atoms with E-state index in [2.05, 4.69) is 33.5 Å². The maximum atomic E-state index is 11.3. The van der Waals surface area contributed by atoms with Crippen LogP contribution in [0.5, 0.6) is 0 Å². The summed E-state index contributed by atoms with van der Waals surface area (Å²) in [5.74, 6) is 4.94. The Kier molecular flexibility index (Phi) is 12.1. The highest BCUT2D eigenvalue weighted by Gasteiger charge is 2.16. The molecule has 0 atom stereocenters. The third-order valence-electron chi connectivity index (χ3n) is 4.51. The molecule has 3 N–H and O–H groups in total. The molecular weight excluding hydrogens is 407 g/mol. The number of pyridine rings is 1. The van der Waals surface area contributed by atoms with Crippen LogP contribution in [0, 0.1) is 0 Å². The molecule has 1 aromatic carbocycles. The van der Waals surface area contributed by atoms with Crippen LogP contribution in [0.2, 0.25) is 0 Å². The van der Waals surface area contributed by atoms with E-state index < -0.39 is 0 Å². The molecule has 0 spiro atoms. The van der Waals surface area contributed by atoms with Gasteiger partial charge in [-0.1, -0.05) is 24.3 Å². The Morgan fingerprint density at radius 3 is 2.26 bits per heavy atom. The van der Waals surface area contributed by atoms with Gasteiger partial charge in [0.2, 0.25) is 5.91 Å². The number of halogens is 3. The summed E-state index contributed by atoms with van der Waals surface area (Å²) >= 11 is 0. The molecule has 1 aliphatic rings. The number of aryl methyl sites for hydroxylation is 2. The third-order valence-corrected chi connectivity index (χ3v) is 4.51. The third kappa shape index (κ3) is 7.18. The minimum absolute atomic E-state index is 0. The molecule has 2 heterocycles. The number of carbonyl (C=O) groups excluding carboxylic acids is 1. The van der Waals surface area contributed by atoms with Gasteiger partial charge in [-0.2, -0.15) is 0 Å². The predicted molar refractivity (Wildman–Crippen MR) is 117 cm³/mol. The first-order valence-electron chi connectivity index (χ1n) is 8.52. The molecule has 8 heteroatoms. The van der Waals surface area contributed by atoms with Crippen molar-refractivity contribution in [3.8, 4) is 0 Å². The van der Waals surface area contributed by atoms with Crippen LogP contribution in [0.15, 0.2) is 42.6 Å². The number of nitrogens with two attached hydrogens (primary N) is 1. The van der Waals surface area contributed by atoms with Crippen molar-refractivity contribution in [3.63, 3.8) is 0 Å². The lowest BCUT2D eigenvalue weighted by molar-refractivity contribution is -0.120. The summed E-state index contributed by atoms with van der Waals surface area (Å²) in [7, 11) is 0. The summed E-state index contributed by atoms with van der Waals surface area (Å²) in [6.45, 7) is 2.27. The molecule has 0 radical (unpaired) electrons. The molecule has 3 rings (SSSR count). The Morgan fingerprint density at radius 2 is 1.63 bits per heavy atom. The summed E-state index contributed by atoms with van der Waals surface area (Å²) in [5.41, 5.74) is 6.84. The van der Waals surface area contributed by atoms with Crippen molar-refractivity contribution in [3.05, 3.63) is 59.4 Å². The van der Waals surface area contributed by atoms with Crippen molar-refractivity contribution in [1.82, 2.24) is 10.4 Å². The fourth-order valence-corrected chi connectivity index (χ4v) is 3.19. The Labute approximate surface area is 179 Å². The van der Waals surface area contributed by atoms with E-state index >= 15 is 0 Å². The molecule has 1 aliphatic heterocycles. The fraction of sp³-hybridized carbons (Fsp3) is 0.368. The van der Waals surface area contributed by atoms with Crippen LogP contribution >= 0.6 is 37.2 Å². The minimum atomic E-state index is -0.175. The van der Waals surface area contributed by atoms with Crippen LogP contribution in [0.25, 0.3) is 0 Å². The summed E-state index contributed by atoms with van der Waals surface area (Å²) in [6, 6.07) is 12.3. The van der Waals surface area contributed by atoms with E-state index in [1.807, 2.05) is 24.4 Å². The average Bonchev–Trinajstić information content (AvgIpc) is 3.16. The lowest BCUT2D eigenvalue weighted by Crippen LogP contribution is -2.31. The molecule has 5 nitrogen and oxygen atoms in total. The SMILES string of the molecule is Cl.Cl.Cl.NNC(=O)Cc1ccc(CCc2ncccc2N2CCCC2)cc1. The van der Waals surface area contributed by atoms with Crippen molar-refractivity contribution in [2.75, 3.05) is 18.0 Å². The lowest BCUT2D eigenvalue weighted by atomic mass is 10.0. The van der Waals surface area contributed by atoms with Crippen LogP contribution in [-0.2, 0) is 24.1 Å². The Hall–Kier alpha value is -1.53. The number of anilines is 1. The van der Waals surface area contributed by atoms with Gasteiger partial charge in [-0.3, -0.25) is 15.2 Å². The maximum absolute atomic E-state index is 11.3. The first kappa shape index (κ1) is 25.5. The van der Waals surface area contributed by atoms with Gasteiger partial charge in [0.1, 0.15) is 0 Å². The number of nitrogens with one attached hydrogen (secondary N) is 1. The molecule has 0 unspecified atom stereocenters. The second kappa shape index (κ2) is 12.8. The highest BCUT2D eigenvalue weighted by molar-refractivity contribution is 5.86. The number of carbonyl (C=O) groups is 1. The van der Waals surface area contributed by atoms with E-state index in [-0.39, 0.29) is 43.1 Å². The van der Waals surface area contributed by atoms with E-state index in [4.69, 9.17) is 5.84 Å². The molecule has 27 heavy (non-hydrogen) atoms. The first-order valence-corrected chi connectivity index (χ1v) is 8.52. The second-order valence-electron chi connectivity index (χ2n) is 6.22. The van der Waals surface area contributed by atoms with Crippen LogP contribution in [0.1, 0.15) is 29.7 Å². The molecule has 0 saturated carbocycles. The Bertz CT molecular complexity index is 692. The van der Waals surface area contributed by atoms with Crippen LogP contribution in [-0.4, -0.2) is 24.0 Å². The topological polar surface area (TPSA) is 71.2 Å². The van der Waals surface area contributed by atoms with Gasteiger partial charge >= 0.3 is 0 Å². The van der Waals surface area contributed by atoms with Gasteiger partial charge in [0, 0.05) is 19.3 Å². The second-order valence-corrected chi connectivity index (χ2v) is 6.22. The van der Waals surface area contributed by atoms with Gasteiger partial charge < -0.3 is 4.90 Å². The molecule has 0 aliphatic carbocycles. The van der Waals surface area contributed by atoms with E-state index in [9.17, 15) is 4.79 Å². The van der Waals surface area contributed by atoms with E-state index in [1.165, 1.54) is 29.8 Å². The smallest absolute Gasteiger partial charge is 0.238 e. The van der Waals surface area contributed by atoms with Gasteiger partial charge in [0.15, 0.2) is 0 Å². The zero-order valence-electron chi connectivity index (χ0n) is 15.1. The standard InChI is InChI=1S/C19H24N4O.3ClH/c20-22-19(24)14-16-7-5-15(6-8-16)9-10-17-18(4-3-11-21-17)23-12-1-2-13-23;;;/h3-8,11H,1-2,9-10,12-14,20H2,(H,22,24);3*1H. The summed E-state index contributed by atoms with van der Waals surface area (Å²) in [6.07, 6.45) is 6.61. The predicted octanol–water partition coefficient (Wildman–Crippen LogP) is 3.26. The molecule has 1 amide bonds. The minimum Gasteiger partial charge on any atom is -0.370 e. The van der Waals surface area contributed by atoms with Gasteiger partial charge in [-0.25, -0.2) is 5.84 Å². The number of amides is 1. The highest BCUT2D eigenvalue weighted by Crippen LogP contribution is 2.24. The molecule has 1 aromatic heterocycles. The highest BCUT2D eigenvalue weighted by atomic mass is 35.5. The molecule has 1 saturated heterocycles. The van der Waals surface area contributed by atoms with E-state index in [1.54, 1.807) is 0 Å². The zero-order chi connectivity index (χ0) is 16.8. The zero-order valence-corrected chi connectivity index (χ0v) is 17.5. The lowest BCUT2D eigenvalue weighted by Gasteiger charge is -2.20. The van der Waals surface area contributed by atoms with Crippen molar-refractivity contribution in [1.29, 1.82) is 0 Å². The first-order chi connectivity index (χ1) is 11.8. The van der Waals surface area contributed by atoms with Crippen LogP contribution in [0.4, 0.5) is 5.69 Å². The maximum Gasteiger partial charge on any atom is 0.238 e. The van der Waals surface area contributed by atoms with Crippen LogP contribution in [0.3, 0.4) is 0 Å². The fourth-order valence-electron chi connectivity index (χ4n) is 3.19. The summed E-state index contributed by atoms with van der Waals surface area (Å²) < 4.78 is 0. The van der Waals surface area contributed by atoms with Crippen molar-refractivity contribution in [2.24, 2.45) is 5.84 Å². The number of hydrogen-bond donors (Lipinski definition) is 2. The normalized spacial score (nSPS) is 12.4. The summed E-state index contributed by atoms with van der Waals surface area (Å²) in [5, 5.41) is 0. The molecule has 2 aromatic rings. The number of rotatable bonds is 6. The van der Waals surface area contributed by atoms with Crippen molar-refractivity contribution in [2.45, 2.75) is 32.1 Å². The average molecular weight is 434 g/mol. The van der Waals surface area contributed by atoms with E-state index in [0.29, 0.717) is 6.42 Å². The summed E-state index contributed by atoms with van der Waals surface area (Å²) in [4.78, 5) is 18.3. The monoisotopic (exact) mass is 432 g/mol. The quantitative estimate of drug-likeness (QED) is 0.417. The Balaban J connectivity index is 0.00000225.